The van der Waals surface area contributed by atoms with E-state index in [9.17, 15) is 0 Å². The van der Waals surface area contributed by atoms with Crippen molar-refractivity contribution in [3.05, 3.63) is 72.1 Å². The van der Waals surface area contributed by atoms with Gasteiger partial charge < -0.3 is 19.1 Å². The van der Waals surface area contributed by atoms with E-state index in [1.165, 1.54) is 0 Å². The van der Waals surface area contributed by atoms with Crippen LogP contribution in [0.5, 0.6) is 17.2 Å². The summed E-state index contributed by atoms with van der Waals surface area (Å²) in [4.78, 5) is 6.83. The van der Waals surface area contributed by atoms with Crippen LogP contribution >= 0.6 is 0 Å². The van der Waals surface area contributed by atoms with Gasteiger partial charge in [-0.2, -0.15) is 5.10 Å². The minimum Gasteiger partial charge on any atom is -0.492 e. The molecule has 0 amide bonds. The predicted octanol–water partition coefficient (Wildman–Crippen LogP) is 3.70. The summed E-state index contributed by atoms with van der Waals surface area (Å²) in [6.07, 6.45) is 0.653. The van der Waals surface area contributed by atoms with Gasteiger partial charge in [-0.05, 0) is 62.1 Å². The Balaban J connectivity index is 1.35. The maximum Gasteiger partial charge on any atom is 0.162 e. The number of aromatic nitrogens is 3. The molecular weight excluding hydrogens is 404 g/mol. The molecule has 4 aromatic rings. The number of ether oxygens (including phenoxy) is 3. The first-order chi connectivity index (χ1) is 15.7. The van der Waals surface area contributed by atoms with Gasteiger partial charge in [0.2, 0.25) is 0 Å². The van der Waals surface area contributed by atoms with Crippen LogP contribution in [-0.4, -0.2) is 60.0 Å². The molecule has 0 saturated heterocycles. The fourth-order valence-electron chi connectivity index (χ4n) is 3.68. The summed E-state index contributed by atoms with van der Waals surface area (Å²) in [6, 6.07) is 20.1. The summed E-state index contributed by atoms with van der Waals surface area (Å²) in [5.74, 6) is 3.19. The molecule has 7 nitrogen and oxygen atoms in total. The molecular formula is C25H26N4O3. The summed E-state index contributed by atoms with van der Waals surface area (Å²) in [6.45, 7) is 2.70. The molecule has 0 N–H and O–H groups in total. The number of hydrogen-bond donors (Lipinski definition) is 0. The Bertz CT molecular complexity index is 1220. The standard InChI is InChI=1S/C25H26N4O3/c1-28(2)12-13-30-20-9-6-18(7-10-20)16-24-26-25-5-3-4-21(29(25)27-24)19-8-11-22-23(17-19)32-15-14-31-22/h3-11,17H,12-16H2,1-2H3. The normalized spacial score (nSPS) is 13.0. The van der Waals surface area contributed by atoms with Gasteiger partial charge >= 0.3 is 0 Å². The van der Waals surface area contributed by atoms with Crippen molar-refractivity contribution in [3.63, 3.8) is 0 Å². The lowest BCUT2D eigenvalue weighted by Crippen LogP contribution is -2.19. The third kappa shape index (κ3) is 4.38. The zero-order valence-electron chi connectivity index (χ0n) is 18.3. The summed E-state index contributed by atoms with van der Waals surface area (Å²) < 4.78 is 19.1. The SMILES string of the molecule is CN(C)CCOc1ccc(Cc2nc3cccc(-c4ccc5c(c4)OCCO5)n3n2)cc1. The van der Waals surface area contributed by atoms with E-state index in [1.807, 2.05) is 67.1 Å². The van der Waals surface area contributed by atoms with Crippen molar-refractivity contribution in [2.75, 3.05) is 40.5 Å². The molecule has 0 radical (unpaired) electrons. The molecule has 7 heteroatoms. The number of fused-ring (bicyclic) bond motifs is 2. The van der Waals surface area contributed by atoms with Crippen LogP contribution in [0.15, 0.2) is 60.7 Å². The van der Waals surface area contributed by atoms with Crippen LogP contribution < -0.4 is 14.2 Å². The topological polar surface area (TPSA) is 61.1 Å². The molecule has 0 fully saturated rings. The number of hydrogen-bond acceptors (Lipinski definition) is 6. The van der Waals surface area contributed by atoms with Crippen LogP contribution in [0.1, 0.15) is 11.4 Å². The molecule has 0 atom stereocenters. The monoisotopic (exact) mass is 430 g/mol. The Labute approximate surface area is 187 Å². The molecule has 2 aromatic carbocycles. The van der Waals surface area contributed by atoms with Crippen molar-refractivity contribution in [2.45, 2.75) is 6.42 Å². The van der Waals surface area contributed by atoms with E-state index in [0.29, 0.717) is 26.2 Å². The molecule has 2 aromatic heterocycles. The zero-order valence-corrected chi connectivity index (χ0v) is 18.3. The summed E-state index contributed by atoms with van der Waals surface area (Å²) in [5, 5.41) is 4.78. The molecule has 3 heterocycles. The van der Waals surface area contributed by atoms with E-state index in [-0.39, 0.29) is 0 Å². The van der Waals surface area contributed by atoms with E-state index in [4.69, 9.17) is 24.3 Å². The smallest absolute Gasteiger partial charge is 0.162 e. The van der Waals surface area contributed by atoms with Gasteiger partial charge in [-0.15, -0.1) is 0 Å². The number of rotatable bonds is 7. The molecule has 164 valence electrons. The van der Waals surface area contributed by atoms with Crippen LogP contribution in [0.25, 0.3) is 16.9 Å². The van der Waals surface area contributed by atoms with Crippen LogP contribution in [0, 0.1) is 0 Å². The first-order valence-electron chi connectivity index (χ1n) is 10.8. The van der Waals surface area contributed by atoms with E-state index in [0.717, 1.165) is 52.1 Å². The maximum absolute atomic E-state index is 5.78. The summed E-state index contributed by atoms with van der Waals surface area (Å²) in [7, 11) is 4.07. The summed E-state index contributed by atoms with van der Waals surface area (Å²) >= 11 is 0. The first-order valence-corrected chi connectivity index (χ1v) is 10.8. The number of pyridine rings is 1. The molecule has 1 aliphatic rings. The van der Waals surface area contributed by atoms with Crippen LogP contribution in [0.3, 0.4) is 0 Å². The van der Waals surface area contributed by atoms with Crippen molar-refractivity contribution in [1.82, 2.24) is 19.5 Å². The van der Waals surface area contributed by atoms with E-state index in [2.05, 4.69) is 17.0 Å². The van der Waals surface area contributed by atoms with Gasteiger partial charge in [0.15, 0.2) is 23.0 Å². The van der Waals surface area contributed by atoms with Gasteiger partial charge in [0, 0.05) is 18.5 Å². The fourth-order valence-corrected chi connectivity index (χ4v) is 3.68. The van der Waals surface area contributed by atoms with Crippen molar-refractivity contribution in [3.8, 4) is 28.5 Å². The molecule has 0 aliphatic carbocycles. The number of benzene rings is 2. The average Bonchev–Trinajstić information content (AvgIpc) is 3.22. The molecule has 0 spiro atoms. The third-order valence-electron chi connectivity index (χ3n) is 5.33. The van der Waals surface area contributed by atoms with Gasteiger partial charge in [-0.25, -0.2) is 9.50 Å². The van der Waals surface area contributed by atoms with E-state index < -0.39 is 0 Å². The molecule has 0 unspecified atom stereocenters. The Hall–Kier alpha value is -3.58. The van der Waals surface area contributed by atoms with Crippen molar-refractivity contribution >= 4 is 5.65 Å². The Morgan fingerprint density at radius 2 is 1.78 bits per heavy atom. The highest BCUT2D eigenvalue weighted by atomic mass is 16.6. The van der Waals surface area contributed by atoms with Gasteiger partial charge in [-0.3, -0.25) is 0 Å². The molecule has 0 saturated carbocycles. The Morgan fingerprint density at radius 3 is 2.59 bits per heavy atom. The minimum atomic E-state index is 0.563. The van der Waals surface area contributed by atoms with E-state index in [1.54, 1.807) is 0 Å². The molecule has 0 bridgehead atoms. The molecule has 1 aliphatic heterocycles. The Kier molecular flexibility index (Phi) is 5.64. The van der Waals surface area contributed by atoms with E-state index >= 15 is 0 Å². The molecule has 32 heavy (non-hydrogen) atoms. The maximum atomic E-state index is 5.78. The highest BCUT2D eigenvalue weighted by Crippen LogP contribution is 2.34. The van der Waals surface area contributed by atoms with Crippen molar-refractivity contribution in [1.29, 1.82) is 0 Å². The number of likely N-dealkylation sites (N-methyl/N-ethyl adjacent to an activating group) is 1. The van der Waals surface area contributed by atoms with Crippen molar-refractivity contribution in [2.24, 2.45) is 0 Å². The second kappa shape index (κ2) is 8.88. The quantitative estimate of drug-likeness (QED) is 0.446. The van der Waals surface area contributed by atoms with Crippen LogP contribution in [0.2, 0.25) is 0 Å². The summed E-state index contributed by atoms with van der Waals surface area (Å²) in [5.41, 5.74) is 3.93. The Morgan fingerprint density at radius 1 is 0.969 bits per heavy atom. The third-order valence-corrected chi connectivity index (χ3v) is 5.33. The molecule has 5 rings (SSSR count). The average molecular weight is 431 g/mol. The first kappa shape index (κ1) is 20.3. The van der Waals surface area contributed by atoms with Gasteiger partial charge in [-0.1, -0.05) is 18.2 Å². The highest BCUT2D eigenvalue weighted by Gasteiger charge is 2.15. The zero-order chi connectivity index (χ0) is 21.9. The minimum absolute atomic E-state index is 0.563. The lowest BCUT2D eigenvalue weighted by Gasteiger charge is -2.19. The van der Waals surface area contributed by atoms with Crippen LogP contribution in [-0.2, 0) is 6.42 Å². The van der Waals surface area contributed by atoms with Gasteiger partial charge in [0.05, 0.1) is 5.69 Å². The largest absolute Gasteiger partial charge is 0.492 e. The number of nitrogens with zero attached hydrogens (tertiary/aromatic N) is 4. The second-order valence-electron chi connectivity index (χ2n) is 8.04. The lowest BCUT2D eigenvalue weighted by molar-refractivity contribution is 0.171. The van der Waals surface area contributed by atoms with Gasteiger partial charge in [0.1, 0.15) is 25.6 Å². The van der Waals surface area contributed by atoms with Gasteiger partial charge in [0.25, 0.3) is 0 Å². The second-order valence-corrected chi connectivity index (χ2v) is 8.04. The fraction of sp³-hybridized carbons (Fsp3) is 0.280. The predicted molar refractivity (Wildman–Crippen MR) is 123 cm³/mol. The lowest BCUT2D eigenvalue weighted by atomic mass is 10.1. The highest BCUT2D eigenvalue weighted by molar-refractivity contribution is 5.66. The van der Waals surface area contributed by atoms with Crippen LogP contribution in [0.4, 0.5) is 0 Å². The van der Waals surface area contributed by atoms with Crippen molar-refractivity contribution < 1.29 is 14.2 Å².